The van der Waals surface area contributed by atoms with E-state index in [1.165, 1.54) is 0 Å². The number of nitrogens with zero attached hydrogens (tertiary/aromatic N) is 4. The highest BCUT2D eigenvalue weighted by molar-refractivity contribution is 9.11. The van der Waals surface area contributed by atoms with Gasteiger partial charge in [-0.2, -0.15) is 0 Å². The maximum Gasteiger partial charge on any atom is 0.0482 e. The van der Waals surface area contributed by atoms with E-state index in [1.54, 1.807) is 0 Å². The highest BCUT2D eigenvalue weighted by Gasteiger charge is 2.09. The minimum Gasteiger partial charge on any atom is -0.310 e. The first-order valence-corrected chi connectivity index (χ1v) is 21.2. The molecular weight excluding hydrogens is 952 g/mol. The lowest BCUT2D eigenvalue weighted by Crippen LogP contribution is -2.01. The van der Waals surface area contributed by atoms with Crippen LogP contribution in [-0.4, -0.2) is 18.3 Å². The van der Waals surface area contributed by atoms with Crippen molar-refractivity contribution in [2.45, 2.75) is 0 Å². The number of rotatable bonds is 4. The van der Waals surface area contributed by atoms with Crippen LogP contribution in [0.25, 0.3) is 66.9 Å². The Hall–Kier alpha value is -5.12. The zero-order valence-corrected chi connectivity index (χ0v) is 36.1. The van der Waals surface area contributed by atoms with Crippen molar-refractivity contribution in [3.8, 4) is 22.7 Å². The Balaban J connectivity index is 1.48. The summed E-state index contributed by atoms with van der Waals surface area (Å²) in [7, 11) is 0. The highest BCUT2D eigenvalue weighted by Crippen LogP contribution is 2.28. The fourth-order valence-corrected chi connectivity index (χ4v) is 8.25. The fourth-order valence-electron chi connectivity index (χ4n) is 7.19. The van der Waals surface area contributed by atoms with Crippen LogP contribution in [0.3, 0.4) is 0 Å². The van der Waals surface area contributed by atoms with Gasteiger partial charge in [-0.3, -0.25) is 0 Å². The number of halogens is 4. The smallest absolute Gasteiger partial charge is 0.0482 e. The van der Waals surface area contributed by atoms with E-state index in [0.29, 0.717) is 0 Å². The van der Waals surface area contributed by atoms with E-state index in [2.05, 4.69) is 276 Å². The predicted molar refractivity (Wildman–Crippen MR) is 249 cm³/mol. The van der Waals surface area contributed by atoms with Crippen LogP contribution in [0.2, 0.25) is 0 Å². The van der Waals surface area contributed by atoms with Crippen molar-refractivity contribution in [1.82, 2.24) is 18.3 Å². The zero-order valence-electron chi connectivity index (χ0n) is 29.8. The lowest BCUT2D eigenvalue weighted by atomic mass is 10.2. The number of aromatic nitrogens is 4. The molecule has 0 spiro atoms. The second-order valence-corrected chi connectivity index (χ2v) is 17.0. The van der Waals surface area contributed by atoms with Crippen molar-refractivity contribution < 1.29 is 0 Å². The van der Waals surface area contributed by atoms with Crippen LogP contribution >= 0.6 is 63.7 Å². The van der Waals surface area contributed by atoms with Crippen LogP contribution in [0, 0.1) is 0 Å². The van der Waals surface area contributed by atoms with E-state index in [-0.39, 0.29) is 0 Å². The third-order valence-corrected chi connectivity index (χ3v) is 11.9. The molecule has 0 radical (unpaired) electrons. The van der Waals surface area contributed by atoms with Gasteiger partial charge in [-0.1, -0.05) is 75.9 Å². The average molecular weight is 984 g/mol. The van der Waals surface area contributed by atoms with Crippen molar-refractivity contribution in [1.29, 1.82) is 0 Å². The molecule has 0 fully saturated rings. The molecule has 12 aromatic rings. The minimum absolute atomic E-state index is 1.03. The maximum atomic E-state index is 3.66. The van der Waals surface area contributed by atoms with Gasteiger partial charge in [0.05, 0.1) is 0 Å². The molecule has 4 nitrogen and oxygen atoms in total. The topological polar surface area (TPSA) is 19.7 Å². The third kappa shape index (κ3) is 7.42. The van der Waals surface area contributed by atoms with Crippen LogP contribution in [0.15, 0.2) is 212 Å². The van der Waals surface area contributed by atoms with Gasteiger partial charge in [-0.25, -0.2) is 0 Å². The summed E-state index contributed by atoms with van der Waals surface area (Å²) >= 11 is 14.6. The Kier molecular flexibility index (Phi) is 10.3. The quantitative estimate of drug-likeness (QED) is 0.167. The van der Waals surface area contributed by atoms with Gasteiger partial charge in [0, 0.05) is 84.8 Å². The molecule has 0 unspecified atom stereocenters. The Labute approximate surface area is 358 Å². The molecule has 4 heterocycles. The molecular formula is C48H32Br4N4. The SMILES string of the molecule is Brc1ccc(-n2c3ccc(cc3)n(-c3ccc(Br)cc3)c3cccc(c3)n(-c3ccc(Br)cc3)c3ccc(cc3)n(-c3ccc(Br)cc3)c3cccc2c3)cc1. The average Bonchev–Trinajstić information content (AvgIpc) is 3.22. The molecule has 0 N–H and O–H groups in total. The molecule has 8 aromatic carbocycles. The van der Waals surface area contributed by atoms with Gasteiger partial charge in [-0.15, -0.1) is 0 Å². The molecule has 0 aliphatic heterocycles. The van der Waals surface area contributed by atoms with Crippen molar-refractivity contribution in [2.24, 2.45) is 0 Å². The Morgan fingerprint density at radius 2 is 0.411 bits per heavy atom. The van der Waals surface area contributed by atoms with Gasteiger partial charge < -0.3 is 18.3 Å². The van der Waals surface area contributed by atoms with Gasteiger partial charge in [-0.05, 0) is 182 Å². The normalized spacial score (nSPS) is 11.2. The summed E-state index contributed by atoms with van der Waals surface area (Å²) in [5, 5.41) is 0. The van der Waals surface area contributed by atoms with Crippen LogP contribution in [-0.2, 0) is 0 Å². The van der Waals surface area contributed by atoms with Crippen LogP contribution in [0.4, 0.5) is 0 Å². The van der Waals surface area contributed by atoms with Crippen LogP contribution < -0.4 is 0 Å². The van der Waals surface area contributed by atoms with E-state index in [1.807, 2.05) is 0 Å². The summed E-state index contributed by atoms with van der Waals surface area (Å²) in [6.07, 6.45) is 0. The molecule has 4 aromatic heterocycles. The minimum atomic E-state index is 1.03. The first-order valence-electron chi connectivity index (χ1n) is 18.0. The molecule has 0 saturated carbocycles. The number of benzene rings is 8. The van der Waals surface area contributed by atoms with Gasteiger partial charge in [0.2, 0.25) is 0 Å². The van der Waals surface area contributed by atoms with Gasteiger partial charge in [0.15, 0.2) is 0 Å². The summed E-state index contributed by atoms with van der Waals surface area (Å²) in [6, 6.07) is 69.1. The molecule has 272 valence electrons. The lowest BCUT2D eigenvalue weighted by Gasteiger charge is -2.16. The van der Waals surface area contributed by atoms with Crippen molar-refractivity contribution in [2.75, 3.05) is 0 Å². The van der Waals surface area contributed by atoms with Crippen LogP contribution in [0.5, 0.6) is 0 Å². The number of hydrogen-bond acceptors (Lipinski definition) is 0. The molecule has 0 aliphatic rings. The number of hydrogen-bond donors (Lipinski definition) is 0. The first kappa shape index (κ1) is 36.5. The molecule has 0 atom stereocenters. The zero-order chi connectivity index (χ0) is 38.2. The Morgan fingerprint density at radius 1 is 0.214 bits per heavy atom. The van der Waals surface area contributed by atoms with Crippen molar-refractivity contribution in [3.05, 3.63) is 212 Å². The van der Waals surface area contributed by atoms with E-state index in [4.69, 9.17) is 0 Å². The standard InChI is InChI=1S/C48H32Br4N4/c49-33-7-15-37(16-8-33)53-41-23-27-43(28-24-41)55(39-19-11-35(51)12-20-39)47-5-2-6-48(32-47)56(40-21-13-36(52)14-22-40)44-29-25-42(26-30-44)54(38-17-9-34(50)10-18-38)46-4-1-3-45(53)31-46/h1-32H. The first-order chi connectivity index (χ1) is 27.4. The summed E-state index contributed by atoms with van der Waals surface area (Å²) in [5.41, 5.74) is 12.5. The molecule has 56 heavy (non-hydrogen) atoms. The molecule has 12 rings (SSSR count). The summed E-state index contributed by atoms with van der Waals surface area (Å²) in [5.74, 6) is 0. The Morgan fingerprint density at radius 3 is 0.607 bits per heavy atom. The highest BCUT2D eigenvalue weighted by atomic mass is 79.9. The Bertz CT molecular complexity index is 2590. The molecule has 0 aliphatic carbocycles. The van der Waals surface area contributed by atoms with E-state index in [9.17, 15) is 0 Å². The van der Waals surface area contributed by atoms with Gasteiger partial charge in [0.1, 0.15) is 0 Å². The monoisotopic (exact) mass is 980 g/mol. The molecule has 8 bridgehead atoms. The maximum absolute atomic E-state index is 3.66. The predicted octanol–water partition coefficient (Wildman–Crippen LogP) is 15.3. The van der Waals surface area contributed by atoms with Gasteiger partial charge in [0.25, 0.3) is 0 Å². The summed E-state index contributed by atoms with van der Waals surface area (Å²) in [4.78, 5) is 0. The molecule has 0 amide bonds. The summed E-state index contributed by atoms with van der Waals surface area (Å²) in [6.45, 7) is 0. The fraction of sp³-hybridized carbons (Fsp3) is 0. The van der Waals surface area contributed by atoms with E-state index >= 15 is 0 Å². The van der Waals surface area contributed by atoms with E-state index in [0.717, 1.165) is 84.8 Å². The molecule has 8 heteroatoms. The lowest BCUT2D eigenvalue weighted by molar-refractivity contribution is 1.12. The van der Waals surface area contributed by atoms with Crippen molar-refractivity contribution in [3.63, 3.8) is 0 Å². The third-order valence-electron chi connectivity index (χ3n) is 9.76. The van der Waals surface area contributed by atoms with E-state index < -0.39 is 0 Å². The van der Waals surface area contributed by atoms with Crippen molar-refractivity contribution >= 4 is 108 Å². The second-order valence-electron chi connectivity index (χ2n) is 13.3. The summed E-state index contributed by atoms with van der Waals surface area (Å²) < 4.78 is 13.4. The second kappa shape index (κ2) is 15.8. The van der Waals surface area contributed by atoms with Crippen LogP contribution in [0.1, 0.15) is 0 Å². The largest absolute Gasteiger partial charge is 0.310 e. The molecule has 0 saturated heterocycles. The van der Waals surface area contributed by atoms with Gasteiger partial charge >= 0.3 is 0 Å².